The molecule has 24 heteroatoms. The molecule has 0 heterocycles. The van der Waals surface area contributed by atoms with Crippen molar-refractivity contribution < 1.29 is 86.5 Å². The van der Waals surface area contributed by atoms with E-state index in [9.17, 15) is 82.3 Å². The Kier molecular flexibility index (Phi) is 8.51. The van der Waals surface area contributed by atoms with Gasteiger partial charge in [-0.25, -0.2) is 16.8 Å². The maximum Gasteiger partial charge on any atom is 0.461 e. The summed E-state index contributed by atoms with van der Waals surface area (Å²) in [6, 6.07) is 5.96. The number of sulfonamides is 2. The first-order valence-corrected chi connectivity index (χ1v) is 14.2. The number of alkyl halides is 13. The third-order valence-electron chi connectivity index (χ3n) is 5.00. The fourth-order valence-corrected chi connectivity index (χ4v) is 6.70. The van der Waals surface area contributed by atoms with Gasteiger partial charge >= 0.3 is 43.9 Å². The van der Waals surface area contributed by atoms with Crippen LogP contribution in [0.3, 0.4) is 0 Å². The standard InChI is InChI=1S/C18H10F13NO7S3/c1-2-9-7-8-12(11-6-4-3-5-10(9)11)39-42(37,38)18(30,31)14(21,22)17(28,29)41(35,36)32-40(33,34)16(26,27)13(19,20)15(23,24)25/h2-8,32H,1H2. The highest BCUT2D eigenvalue weighted by Crippen LogP contribution is 2.53. The summed E-state index contributed by atoms with van der Waals surface area (Å²) in [5.74, 6) is -16.9. The first-order valence-electron chi connectivity index (χ1n) is 9.78. The Bertz CT molecular complexity index is 1720. The molecule has 0 amide bonds. The van der Waals surface area contributed by atoms with E-state index in [0.717, 1.165) is 24.3 Å². The summed E-state index contributed by atoms with van der Waals surface area (Å²) >= 11 is 0. The Morgan fingerprint density at radius 3 is 1.48 bits per heavy atom. The number of hydrogen-bond donors (Lipinski definition) is 1. The first kappa shape index (κ1) is 35.3. The second kappa shape index (κ2) is 10.1. The third-order valence-corrected chi connectivity index (χ3v) is 9.90. The van der Waals surface area contributed by atoms with Crippen molar-refractivity contribution >= 4 is 47.0 Å². The lowest BCUT2D eigenvalue weighted by Gasteiger charge is -2.32. The summed E-state index contributed by atoms with van der Waals surface area (Å²) < 4.78 is 248. The van der Waals surface area contributed by atoms with E-state index in [-0.39, 0.29) is 10.9 Å². The summed E-state index contributed by atoms with van der Waals surface area (Å²) in [4.78, 5) is 0. The van der Waals surface area contributed by atoms with Gasteiger partial charge in [-0.15, -0.1) is 0 Å². The quantitative estimate of drug-likeness (QED) is 0.258. The Balaban J connectivity index is 2.60. The predicted molar refractivity (Wildman–Crippen MR) is 115 cm³/mol. The van der Waals surface area contributed by atoms with Crippen molar-refractivity contribution in [1.29, 1.82) is 0 Å². The van der Waals surface area contributed by atoms with Crippen LogP contribution in [-0.2, 0) is 30.2 Å². The van der Waals surface area contributed by atoms with E-state index in [2.05, 4.69) is 10.8 Å². The number of nitrogens with one attached hydrogen (secondary N) is 1. The molecule has 8 nitrogen and oxygen atoms in total. The van der Waals surface area contributed by atoms with Crippen LogP contribution >= 0.6 is 0 Å². The molecule has 42 heavy (non-hydrogen) atoms. The van der Waals surface area contributed by atoms with Crippen molar-refractivity contribution in [2.75, 3.05) is 0 Å². The molecule has 0 aliphatic carbocycles. The predicted octanol–water partition coefficient (Wildman–Crippen LogP) is 5.05. The van der Waals surface area contributed by atoms with Crippen molar-refractivity contribution in [3.8, 4) is 5.75 Å². The van der Waals surface area contributed by atoms with Crippen molar-refractivity contribution in [1.82, 2.24) is 4.13 Å². The molecule has 2 aromatic carbocycles. The summed E-state index contributed by atoms with van der Waals surface area (Å²) in [5.41, 5.74) is 0.158. The highest BCUT2D eigenvalue weighted by atomic mass is 32.3. The number of rotatable bonds is 11. The minimum Gasteiger partial charge on any atom is -0.377 e. The van der Waals surface area contributed by atoms with E-state index in [0.29, 0.717) is 6.07 Å². The second-order valence-corrected chi connectivity index (χ2v) is 13.0. The highest BCUT2D eigenvalue weighted by molar-refractivity contribution is 8.05. The van der Waals surface area contributed by atoms with E-state index in [1.807, 2.05) is 0 Å². The average molecular weight is 695 g/mol. The third kappa shape index (κ3) is 5.14. The van der Waals surface area contributed by atoms with Crippen LogP contribution in [0.4, 0.5) is 57.1 Å². The number of halogens is 13. The van der Waals surface area contributed by atoms with Gasteiger partial charge in [0.15, 0.2) is 5.75 Å². The van der Waals surface area contributed by atoms with Gasteiger partial charge in [0.1, 0.15) is 0 Å². The zero-order valence-electron chi connectivity index (χ0n) is 19.2. The lowest BCUT2D eigenvalue weighted by atomic mass is 10.0. The Hall–Kier alpha value is -2.86. The van der Waals surface area contributed by atoms with Crippen LogP contribution in [0.25, 0.3) is 16.8 Å². The molecule has 1 N–H and O–H groups in total. The van der Waals surface area contributed by atoms with Gasteiger partial charge in [0, 0.05) is 5.39 Å². The van der Waals surface area contributed by atoms with Gasteiger partial charge in [-0.1, -0.05) is 47.1 Å². The van der Waals surface area contributed by atoms with Crippen LogP contribution in [0.2, 0.25) is 0 Å². The van der Waals surface area contributed by atoms with Gasteiger partial charge in [-0.2, -0.15) is 65.5 Å². The lowest BCUT2D eigenvalue weighted by molar-refractivity contribution is -0.332. The van der Waals surface area contributed by atoms with E-state index < -0.39 is 79.2 Å². The van der Waals surface area contributed by atoms with Crippen LogP contribution in [0.15, 0.2) is 43.0 Å². The van der Waals surface area contributed by atoms with Crippen molar-refractivity contribution in [3.63, 3.8) is 0 Å². The number of fused-ring (bicyclic) bond motifs is 1. The average Bonchev–Trinajstić information content (AvgIpc) is 2.82. The van der Waals surface area contributed by atoms with E-state index in [1.54, 1.807) is 0 Å². The lowest BCUT2D eigenvalue weighted by Crippen LogP contribution is -2.66. The van der Waals surface area contributed by atoms with Crippen molar-refractivity contribution in [2.24, 2.45) is 0 Å². The maximum atomic E-state index is 14.4. The van der Waals surface area contributed by atoms with Crippen molar-refractivity contribution in [2.45, 2.75) is 33.8 Å². The Morgan fingerprint density at radius 1 is 0.619 bits per heavy atom. The molecule has 238 valence electrons. The minimum atomic E-state index is -8.44. The smallest absolute Gasteiger partial charge is 0.377 e. The second-order valence-electron chi connectivity index (χ2n) is 7.73. The number of hydrogen-bond acceptors (Lipinski definition) is 7. The summed E-state index contributed by atoms with van der Waals surface area (Å²) in [7, 11) is -24.3. The van der Waals surface area contributed by atoms with E-state index in [4.69, 9.17) is 0 Å². The van der Waals surface area contributed by atoms with Crippen LogP contribution in [-0.4, -0.2) is 59.0 Å². The molecule has 2 aromatic rings. The molecule has 0 fully saturated rings. The van der Waals surface area contributed by atoms with E-state index in [1.165, 1.54) is 12.1 Å². The molecule has 0 saturated carbocycles. The fraction of sp³-hybridized carbons (Fsp3) is 0.333. The zero-order chi connectivity index (χ0) is 33.2. The zero-order valence-corrected chi connectivity index (χ0v) is 21.7. The fourth-order valence-electron chi connectivity index (χ4n) is 2.79. The van der Waals surface area contributed by atoms with Gasteiger partial charge < -0.3 is 4.18 Å². The monoisotopic (exact) mass is 695 g/mol. The Labute approximate surface area is 226 Å². The van der Waals surface area contributed by atoms with Gasteiger partial charge in [0.25, 0.3) is 20.0 Å². The van der Waals surface area contributed by atoms with Gasteiger partial charge in [0.2, 0.25) is 0 Å². The maximum absolute atomic E-state index is 14.4. The molecule has 0 radical (unpaired) electrons. The molecule has 0 spiro atoms. The van der Waals surface area contributed by atoms with Crippen LogP contribution in [0.5, 0.6) is 5.75 Å². The first-order chi connectivity index (χ1) is 18.5. The van der Waals surface area contributed by atoms with Crippen molar-refractivity contribution in [3.05, 3.63) is 48.5 Å². The molecule has 0 aliphatic heterocycles. The van der Waals surface area contributed by atoms with Gasteiger partial charge in [-0.3, -0.25) is 0 Å². The topological polar surface area (TPSA) is 124 Å². The van der Waals surface area contributed by atoms with Crippen LogP contribution < -0.4 is 8.31 Å². The highest BCUT2D eigenvalue weighted by Gasteiger charge is 2.85. The normalized spacial score (nSPS) is 15.1. The summed E-state index contributed by atoms with van der Waals surface area (Å²) in [5, 5.41) is -23.5. The van der Waals surface area contributed by atoms with Gasteiger partial charge in [-0.05, 0) is 17.0 Å². The Morgan fingerprint density at radius 2 is 1.05 bits per heavy atom. The van der Waals surface area contributed by atoms with E-state index >= 15 is 0 Å². The molecule has 0 saturated heterocycles. The van der Waals surface area contributed by atoms with Crippen LogP contribution in [0, 0.1) is 0 Å². The molecule has 0 aliphatic rings. The largest absolute Gasteiger partial charge is 0.461 e. The SMILES string of the molecule is C=Cc1ccc(OS(=O)(=O)C(F)(F)C(F)(F)C(F)(F)S(=O)(=O)NS(=O)(=O)C(F)(F)C(F)(F)C(F)(F)F)c2ccccc12. The molecule has 2 rings (SSSR count). The van der Waals surface area contributed by atoms with Crippen LogP contribution in [0.1, 0.15) is 5.56 Å². The summed E-state index contributed by atoms with van der Waals surface area (Å²) in [6.45, 7) is 3.36. The molecule has 0 aromatic heterocycles. The molecular formula is C18H10F13NO7S3. The molecular weight excluding hydrogens is 685 g/mol. The minimum absolute atomic E-state index is 0.0471. The number of benzene rings is 2. The summed E-state index contributed by atoms with van der Waals surface area (Å²) in [6.07, 6.45) is -6.40. The molecule has 0 bridgehead atoms. The molecule has 0 unspecified atom stereocenters. The van der Waals surface area contributed by atoms with Gasteiger partial charge in [0.05, 0.1) is 0 Å². The molecule has 0 atom stereocenters.